The number of carboxylic acids is 2. The van der Waals surface area contributed by atoms with E-state index >= 15 is 0 Å². The number of ether oxygens (including phenoxy) is 3. The van der Waals surface area contributed by atoms with Gasteiger partial charge in [0, 0.05) is 38.3 Å². The van der Waals surface area contributed by atoms with E-state index < -0.39 is 29.9 Å². The number of hydrogen-bond donors (Lipinski definition) is 2. The normalized spacial score (nSPS) is 23.1. The van der Waals surface area contributed by atoms with Crippen LogP contribution in [0.5, 0.6) is 11.5 Å². The Morgan fingerprint density at radius 1 is 1.18 bits per heavy atom. The highest BCUT2D eigenvalue weighted by Gasteiger charge is 2.53. The molecule has 40 heavy (non-hydrogen) atoms. The Bertz CT molecular complexity index is 1130. The zero-order chi connectivity index (χ0) is 28.9. The highest BCUT2D eigenvalue weighted by atomic mass is 32.1. The number of hydrogen-bond acceptors (Lipinski definition) is 8. The molecule has 4 atom stereocenters. The van der Waals surface area contributed by atoms with Gasteiger partial charge in [-0.2, -0.15) is 13.5 Å². The molecule has 2 aliphatic heterocycles. The summed E-state index contributed by atoms with van der Waals surface area (Å²) in [5, 5.41) is 16.7. The molecule has 1 aliphatic carbocycles. The monoisotopic (exact) mass is 579 g/mol. The van der Waals surface area contributed by atoms with E-state index in [2.05, 4.69) is 24.1 Å². The van der Waals surface area contributed by atoms with Crippen molar-refractivity contribution < 1.29 is 43.6 Å². The fourth-order valence-electron chi connectivity index (χ4n) is 5.58. The lowest BCUT2D eigenvalue weighted by atomic mass is 9.69. The number of rotatable bonds is 9. The third-order valence-corrected chi connectivity index (χ3v) is 7.59. The SMILES string of the molecule is CC(=O)O.COc1ccc2c3c1O[C@H]1C[C@@H](OC(=O)CCC(=O)C[C@H](C(=O)O)C(C)C)C=C[C@@]31CCN(C)C2.S. The summed E-state index contributed by atoms with van der Waals surface area (Å²) in [6, 6.07) is 4.06. The Hall–Kier alpha value is -3.05. The van der Waals surface area contributed by atoms with Crippen LogP contribution in [0, 0.1) is 11.8 Å². The van der Waals surface area contributed by atoms with Gasteiger partial charge in [-0.05, 0) is 43.6 Å². The van der Waals surface area contributed by atoms with E-state index in [1.165, 1.54) is 11.1 Å². The molecule has 0 saturated carbocycles. The van der Waals surface area contributed by atoms with Gasteiger partial charge in [0.25, 0.3) is 5.97 Å². The summed E-state index contributed by atoms with van der Waals surface area (Å²) in [6.45, 7) is 6.39. The average Bonchev–Trinajstić information content (AvgIpc) is 3.11. The standard InChI is InChI=1S/C27H35NO7.C2H4O2.H2S/c1-16(2)20(26(31)32)13-18(29)6-8-23(30)34-19-9-10-27-11-12-28(3)15-17-5-7-21(33-4)25(24(17)27)35-22(27)14-19;1-2(3)4;/h5,7,9-10,16,19-20,22H,6,8,11-15H2,1-4H3,(H,31,32);1H3,(H,3,4);1H2/t19-,20-,22-,27-;;/m0../s1. The van der Waals surface area contributed by atoms with Gasteiger partial charge in [0.2, 0.25) is 0 Å². The van der Waals surface area contributed by atoms with E-state index in [9.17, 15) is 19.5 Å². The molecule has 222 valence electrons. The Labute approximate surface area is 242 Å². The predicted molar refractivity (Wildman–Crippen MR) is 152 cm³/mol. The first-order valence-electron chi connectivity index (χ1n) is 13.3. The van der Waals surface area contributed by atoms with Crippen molar-refractivity contribution in [2.24, 2.45) is 11.8 Å². The lowest BCUT2D eigenvalue weighted by Gasteiger charge is -2.36. The Morgan fingerprint density at radius 2 is 1.85 bits per heavy atom. The second-order valence-electron chi connectivity index (χ2n) is 10.8. The molecule has 0 fully saturated rings. The molecule has 1 aromatic carbocycles. The number of ketones is 1. The van der Waals surface area contributed by atoms with Gasteiger partial charge in [-0.1, -0.05) is 26.0 Å². The maximum absolute atomic E-state index is 12.5. The topological polar surface area (TPSA) is 140 Å². The van der Waals surface area contributed by atoms with Crippen molar-refractivity contribution in [1.82, 2.24) is 4.90 Å². The minimum Gasteiger partial charge on any atom is -0.493 e. The van der Waals surface area contributed by atoms with Gasteiger partial charge >= 0.3 is 11.9 Å². The van der Waals surface area contributed by atoms with Crippen molar-refractivity contribution in [3.63, 3.8) is 0 Å². The summed E-state index contributed by atoms with van der Waals surface area (Å²) in [4.78, 5) is 47.4. The average molecular weight is 580 g/mol. The van der Waals surface area contributed by atoms with Crippen LogP contribution in [0.15, 0.2) is 24.3 Å². The maximum atomic E-state index is 12.5. The Morgan fingerprint density at radius 3 is 2.45 bits per heavy atom. The zero-order valence-corrected chi connectivity index (χ0v) is 24.8. The quantitative estimate of drug-likeness (QED) is 0.329. The van der Waals surface area contributed by atoms with Crippen molar-refractivity contribution in [1.29, 1.82) is 0 Å². The summed E-state index contributed by atoms with van der Waals surface area (Å²) >= 11 is 0. The van der Waals surface area contributed by atoms with E-state index in [1.807, 2.05) is 12.1 Å². The molecular formula is C29H41NO9S. The van der Waals surface area contributed by atoms with Gasteiger partial charge in [0.1, 0.15) is 18.0 Å². The third kappa shape index (κ3) is 7.57. The van der Waals surface area contributed by atoms with E-state index in [1.54, 1.807) is 21.0 Å². The number of benzene rings is 1. The maximum Gasteiger partial charge on any atom is 0.307 e. The first-order chi connectivity index (χ1) is 18.4. The van der Waals surface area contributed by atoms with Crippen LogP contribution in [-0.2, 0) is 35.9 Å². The van der Waals surface area contributed by atoms with Crippen molar-refractivity contribution in [2.45, 2.75) is 77.0 Å². The van der Waals surface area contributed by atoms with Gasteiger partial charge in [-0.25, -0.2) is 0 Å². The van der Waals surface area contributed by atoms with Crippen LogP contribution in [0.1, 0.15) is 64.0 Å². The van der Waals surface area contributed by atoms with Gasteiger partial charge in [-0.3, -0.25) is 19.2 Å². The second kappa shape index (κ2) is 14.0. The molecule has 0 radical (unpaired) electrons. The van der Waals surface area contributed by atoms with E-state index in [0.717, 1.165) is 32.2 Å². The summed E-state index contributed by atoms with van der Waals surface area (Å²) in [5.74, 6) is -1.92. The summed E-state index contributed by atoms with van der Waals surface area (Å²) in [7, 11) is 3.75. The first-order valence-corrected chi connectivity index (χ1v) is 13.3. The van der Waals surface area contributed by atoms with E-state index in [4.69, 9.17) is 24.1 Å². The number of aliphatic carboxylic acids is 2. The Kier molecular flexibility index (Phi) is 11.6. The summed E-state index contributed by atoms with van der Waals surface area (Å²) < 4.78 is 17.7. The number of Topliss-reactive ketones (excluding diaryl/α,β-unsaturated/α-hetero) is 1. The molecule has 0 amide bonds. The first kappa shape index (κ1) is 33.2. The summed E-state index contributed by atoms with van der Waals surface area (Å²) in [6.07, 6.45) is 4.73. The highest BCUT2D eigenvalue weighted by Crippen LogP contribution is 2.55. The molecule has 0 bridgehead atoms. The van der Waals surface area contributed by atoms with Crippen LogP contribution in [0.2, 0.25) is 0 Å². The van der Waals surface area contributed by atoms with Gasteiger partial charge < -0.3 is 29.3 Å². The third-order valence-electron chi connectivity index (χ3n) is 7.59. The molecule has 10 nitrogen and oxygen atoms in total. The molecule has 0 unspecified atom stereocenters. The molecular weight excluding hydrogens is 538 g/mol. The molecule has 2 N–H and O–H groups in total. The Balaban J connectivity index is 0.00000105. The van der Waals surface area contributed by atoms with Crippen LogP contribution in [0.25, 0.3) is 0 Å². The van der Waals surface area contributed by atoms with Crippen LogP contribution < -0.4 is 9.47 Å². The number of methoxy groups -OCH3 is 1. The number of carbonyl (C=O) groups excluding carboxylic acids is 2. The van der Waals surface area contributed by atoms with E-state index in [-0.39, 0.29) is 56.0 Å². The molecule has 0 aromatic heterocycles. The molecule has 4 rings (SSSR count). The lowest BCUT2D eigenvalue weighted by molar-refractivity contribution is -0.149. The highest BCUT2D eigenvalue weighted by molar-refractivity contribution is 7.59. The van der Waals surface area contributed by atoms with Crippen molar-refractivity contribution in [3.05, 3.63) is 35.4 Å². The summed E-state index contributed by atoms with van der Waals surface area (Å²) in [5.41, 5.74) is 2.12. The second-order valence-corrected chi connectivity index (χ2v) is 10.8. The molecule has 1 aromatic rings. The molecule has 3 aliphatic rings. The molecule has 0 saturated heterocycles. The predicted octanol–water partition coefficient (Wildman–Crippen LogP) is 3.70. The van der Waals surface area contributed by atoms with Crippen molar-refractivity contribution >= 4 is 37.2 Å². The zero-order valence-electron chi connectivity index (χ0n) is 23.8. The van der Waals surface area contributed by atoms with Gasteiger partial charge in [0.05, 0.1) is 24.9 Å². The van der Waals surface area contributed by atoms with Gasteiger partial charge in [0.15, 0.2) is 11.5 Å². The fraction of sp³-hybridized carbons (Fsp3) is 0.586. The van der Waals surface area contributed by atoms with Crippen LogP contribution in [0.4, 0.5) is 0 Å². The lowest BCUT2D eigenvalue weighted by Crippen LogP contribution is -2.43. The van der Waals surface area contributed by atoms with Gasteiger partial charge in [-0.15, -0.1) is 0 Å². The molecule has 11 heteroatoms. The smallest absolute Gasteiger partial charge is 0.307 e. The van der Waals surface area contributed by atoms with Crippen LogP contribution >= 0.6 is 13.5 Å². The van der Waals surface area contributed by atoms with Crippen LogP contribution in [0.3, 0.4) is 0 Å². The number of carbonyl (C=O) groups is 4. The van der Waals surface area contributed by atoms with E-state index in [0.29, 0.717) is 12.2 Å². The number of carboxylic acid groups (broad SMARTS) is 2. The van der Waals surface area contributed by atoms with Crippen molar-refractivity contribution in [2.75, 3.05) is 20.7 Å². The minimum absolute atomic E-state index is 0. The van der Waals surface area contributed by atoms with Crippen molar-refractivity contribution in [3.8, 4) is 11.5 Å². The molecule has 2 heterocycles. The minimum atomic E-state index is -0.987. The largest absolute Gasteiger partial charge is 0.493 e. The fourth-order valence-corrected chi connectivity index (χ4v) is 5.58. The number of esters is 1. The van der Waals surface area contributed by atoms with Crippen LogP contribution in [-0.4, -0.2) is 71.7 Å². The number of nitrogens with zero attached hydrogens (tertiary/aromatic N) is 1. The molecule has 1 spiro atoms.